The average molecular weight is 382 g/mol. The highest BCUT2D eigenvalue weighted by atomic mass is 35.5. The molecule has 2 aromatic carbocycles. The fraction of sp³-hybridized carbons (Fsp3) is 0.143. The Morgan fingerprint density at radius 3 is 2.59 bits per heavy atom. The quantitative estimate of drug-likeness (QED) is 0.478. The summed E-state index contributed by atoms with van der Waals surface area (Å²) in [5.74, 6) is -0.245. The van der Waals surface area contributed by atoms with Crippen LogP contribution in [0.4, 0.5) is 0 Å². The molecule has 0 aliphatic rings. The van der Waals surface area contributed by atoms with Gasteiger partial charge >= 0.3 is 0 Å². The Bertz CT molecular complexity index is 905. The molecule has 138 valence electrons. The predicted octanol–water partition coefficient (Wildman–Crippen LogP) is 4.09. The Hall–Kier alpha value is -2.89. The van der Waals surface area contributed by atoms with Crippen LogP contribution in [-0.2, 0) is 4.79 Å². The van der Waals surface area contributed by atoms with Crippen molar-refractivity contribution in [2.75, 3.05) is 0 Å². The Balaban J connectivity index is 1.53. The highest BCUT2D eigenvalue weighted by Gasteiger charge is 2.09. The van der Waals surface area contributed by atoms with Gasteiger partial charge in [0, 0.05) is 23.3 Å². The molecule has 0 radical (unpaired) electrons. The molecular formula is C21H20ClN3O2. The molecule has 6 heteroatoms. The van der Waals surface area contributed by atoms with Crippen molar-refractivity contribution < 1.29 is 9.90 Å². The van der Waals surface area contributed by atoms with Crippen LogP contribution < -0.4 is 5.43 Å². The van der Waals surface area contributed by atoms with Gasteiger partial charge in [-0.15, -0.1) is 0 Å². The van der Waals surface area contributed by atoms with Gasteiger partial charge in [0.1, 0.15) is 0 Å². The van der Waals surface area contributed by atoms with Crippen molar-refractivity contribution in [2.24, 2.45) is 5.10 Å². The molecule has 1 atom stereocenters. The summed E-state index contributed by atoms with van der Waals surface area (Å²) in [6.45, 7) is 0. The third-order valence-electron chi connectivity index (χ3n) is 4.10. The minimum Gasteiger partial charge on any atom is -0.388 e. The van der Waals surface area contributed by atoms with Crippen LogP contribution in [-0.4, -0.2) is 21.8 Å². The molecule has 0 spiro atoms. The number of benzene rings is 2. The molecule has 1 heterocycles. The van der Waals surface area contributed by atoms with E-state index in [9.17, 15) is 9.90 Å². The Kier molecular flexibility index (Phi) is 6.41. The third-order valence-corrected chi connectivity index (χ3v) is 4.35. The van der Waals surface area contributed by atoms with Crippen LogP contribution in [0.3, 0.4) is 0 Å². The summed E-state index contributed by atoms with van der Waals surface area (Å²) in [5, 5.41) is 14.8. The first-order valence-corrected chi connectivity index (χ1v) is 8.99. The molecule has 2 N–H and O–H groups in total. The molecule has 0 fully saturated rings. The number of aromatic nitrogens is 1. The average Bonchev–Trinajstić information content (AvgIpc) is 3.16. The minimum atomic E-state index is -0.664. The number of amides is 1. The number of carbonyl (C=O) groups is 1. The van der Waals surface area contributed by atoms with Crippen molar-refractivity contribution in [1.29, 1.82) is 0 Å². The summed E-state index contributed by atoms with van der Waals surface area (Å²) in [6, 6.07) is 20.5. The van der Waals surface area contributed by atoms with Crippen LogP contribution in [0.2, 0.25) is 5.02 Å². The molecule has 27 heavy (non-hydrogen) atoms. The standard InChI is InChI=1S/C21H20ClN3O2/c22-17-8-10-18(11-9-17)25-14-4-7-19(25)15-23-24-21(27)13-12-20(26)16-5-2-1-3-6-16/h1-11,14-15,20,26H,12-13H2,(H,24,27)/b23-15-/t20-/m0/s1. The molecule has 5 nitrogen and oxygen atoms in total. The van der Waals surface area contributed by atoms with Gasteiger partial charge in [-0.25, -0.2) is 5.43 Å². The van der Waals surface area contributed by atoms with Crippen LogP contribution in [0.1, 0.15) is 30.2 Å². The number of hydrogen-bond donors (Lipinski definition) is 2. The van der Waals surface area contributed by atoms with Crippen LogP contribution >= 0.6 is 11.6 Å². The van der Waals surface area contributed by atoms with Crippen molar-refractivity contribution in [3.63, 3.8) is 0 Å². The largest absolute Gasteiger partial charge is 0.388 e. The molecule has 0 saturated heterocycles. The number of aliphatic hydroxyl groups excluding tert-OH is 1. The lowest BCUT2D eigenvalue weighted by atomic mass is 10.1. The van der Waals surface area contributed by atoms with E-state index < -0.39 is 6.10 Å². The molecule has 3 rings (SSSR count). The minimum absolute atomic E-state index is 0.186. The molecule has 1 amide bonds. The monoisotopic (exact) mass is 381 g/mol. The van der Waals surface area contributed by atoms with Gasteiger partial charge in [-0.1, -0.05) is 41.9 Å². The summed E-state index contributed by atoms with van der Waals surface area (Å²) < 4.78 is 1.94. The number of halogens is 1. The second-order valence-electron chi connectivity index (χ2n) is 6.04. The second kappa shape index (κ2) is 9.16. The van der Waals surface area contributed by atoms with Crippen LogP contribution in [0.25, 0.3) is 5.69 Å². The van der Waals surface area contributed by atoms with E-state index >= 15 is 0 Å². The van der Waals surface area contributed by atoms with E-state index in [0.29, 0.717) is 11.4 Å². The van der Waals surface area contributed by atoms with Crippen LogP contribution in [0.5, 0.6) is 0 Å². The summed E-state index contributed by atoms with van der Waals surface area (Å²) in [7, 11) is 0. The molecule has 1 aromatic heterocycles. The van der Waals surface area contributed by atoms with Crippen molar-refractivity contribution in [3.8, 4) is 5.69 Å². The molecule has 0 saturated carbocycles. The second-order valence-corrected chi connectivity index (χ2v) is 6.47. The van der Waals surface area contributed by atoms with Crippen LogP contribution in [0.15, 0.2) is 78.0 Å². The normalized spacial score (nSPS) is 12.2. The number of hydrazone groups is 1. The smallest absolute Gasteiger partial charge is 0.240 e. The lowest BCUT2D eigenvalue weighted by molar-refractivity contribution is -0.121. The number of aliphatic hydroxyl groups is 1. The van der Waals surface area contributed by atoms with Gasteiger partial charge in [-0.3, -0.25) is 4.79 Å². The van der Waals surface area contributed by atoms with Gasteiger partial charge in [0.15, 0.2) is 0 Å². The zero-order valence-corrected chi connectivity index (χ0v) is 15.4. The zero-order valence-electron chi connectivity index (χ0n) is 14.6. The molecule has 0 bridgehead atoms. The predicted molar refractivity (Wildman–Crippen MR) is 107 cm³/mol. The SMILES string of the molecule is O=C(CC[C@H](O)c1ccccc1)N/N=C\c1cccn1-c1ccc(Cl)cc1. The number of nitrogens with one attached hydrogen (secondary N) is 1. The van der Waals surface area contributed by atoms with E-state index in [1.54, 1.807) is 6.21 Å². The van der Waals surface area contributed by atoms with E-state index in [1.165, 1.54) is 0 Å². The number of nitrogens with zero attached hydrogens (tertiary/aromatic N) is 2. The topological polar surface area (TPSA) is 66.6 Å². The maximum absolute atomic E-state index is 11.9. The first-order valence-electron chi connectivity index (χ1n) is 8.62. The highest BCUT2D eigenvalue weighted by molar-refractivity contribution is 6.30. The first kappa shape index (κ1) is 18.9. The maximum Gasteiger partial charge on any atom is 0.240 e. The zero-order chi connectivity index (χ0) is 19.1. The van der Waals surface area contributed by atoms with Gasteiger partial charge in [0.2, 0.25) is 5.91 Å². The first-order chi connectivity index (χ1) is 13.1. The number of hydrogen-bond acceptors (Lipinski definition) is 3. The van der Waals surface area contributed by atoms with Crippen molar-refractivity contribution in [3.05, 3.63) is 89.2 Å². The van der Waals surface area contributed by atoms with Gasteiger partial charge in [-0.05, 0) is 48.4 Å². The highest BCUT2D eigenvalue weighted by Crippen LogP contribution is 2.17. The van der Waals surface area contributed by atoms with Gasteiger partial charge < -0.3 is 9.67 Å². The Morgan fingerprint density at radius 2 is 1.85 bits per heavy atom. The van der Waals surface area contributed by atoms with E-state index in [4.69, 9.17) is 11.6 Å². The van der Waals surface area contributed by atoms with E-state index in [-0.39, 0.29) is 12.3 Å². The van der Waals surface area contributed by atoms with Crippen molar-refractivity contribution in [2.45, 2.75) is 18.9 Å². The molecular weight excluding hydrogens is 362 g/mol. The fourth-order valence-electron chi connectivity index (χ4n) is 2.67. The summed E-state index contributed by atoms with van der Waals surface area (Å²) in [6.07, 6.45) is 3.35. The van der Waals surface area contributed by atoms with Crippen molar-refractivity contribution >= 4 is 23.7 Å². The number of rotatable bonds is 7. The van der Waals surface area contributed by atoms with Crippen LogP contribution in [0, 0.1) is 0 Å². The van der Waals surface area contributed by atoms with E-state index in [0.717, 1.165) is 16.9 Å². The summed E-state index contributed by atoms with van der Waals surface area (Å²) >= 11 is 5.92. The summed E-state index contributed by atoms with van der Waals surface area (Å²) in [5.41, 5.74) is 5.07. The van der Waals surface area contributed by atoms with Crippen molar-refractivity contribution in [1.82, 2.24) is 9.99 Å². The molecule has 0 aliphatic carbocycles. The van der Waals surface area contributed by atoms with E-state index in [2.05, 4.69) is 10.5 Å². The van der Waals surface area contributed by atoms with Gasteiger partial charge in [-0.2, -0.15) is 5.10 Å². The Labute approximate surface area is 162 Å². The van der Waals surface area contributed by atoms with E-state index in [1.807, 2.05) is 77.5 Å². The molecule has 0 unspecified atom stereocenters. The third kappa shape index (κ3) is 5.29. The Morgan fingerprint density at radius 1 is 1.11 bits per heavy atom. The maximum atomic E-state index is 11.9. The number of carbonyl (C=O) groups excluding carboxylic acids is 1. The van der Waals surface area contributed by atoms with Gasteiger partial charge in [0.25, 0.3) is 0 Å². The molecule has 3 aromatic rings. The fourth-order valence-corrected chi connectivity index (χ4v) is 2.80. The molecule has 0 aliphatic heterocycles. The summed E-state index contributed by atoms with van der Waals surface area (Å²) in [4.78, 5) is 11.9. The lowest BCUT2D eigenvalue weighted by Gasteiger charge is -2.09. The lowest BCUT2D eigenvalue weighted by Crippen LogP contribution is -2.18. The van der Waals surface area contributed by atoms with Gasteiger partial charge in [0.05, 0.1) is 18.0 Å².